The van der Waals surface area contributed by atoms with Crippen molar-refractivity contribution < 1.29 is 4.74 Å². The number of methoxy groups -OCH3 is 1. The van der Waals surface area contributed by atoms with Gasteiger partial charge in [0.2, 0.25) is 0 Å². The third-order valence-electron chi connectivity index (χ3n) is 3.18. The van der Waals surface area contributed by atoms with Crippen molar-refractivity contribution in [1.82, 2.24) is 4.98 Å². The monoisotopic (exact) mass is 256 g/mol. The second-order valence-corrected chi connectivity index (χ2v) is 4.57. The van der Waals surface area contributed by atoms with Gasteiger partial charge in [-0.05, 0) is 43.2 Å². The van der Waals surface area contributed by atoms with Crippen LogP contribution in [0.4, 0.5) is 5.69 Å². The molecule has 2 aromatic rings. The predicted molar refractivity (Wildman–Crippen MR) is 78.6 cm³/mol. The van der Waals surface area contributed by atoms with E-state index in [1.54, 1.807) is 7.11 Å². The average Bonchev–Trinajstić information content (AvgIpc) is 2.47. The number of nitrogens with one attached hydrogen (secondary N) is 1. The van der Waals surface area contributed by atoms with E-state index in [4.69, 9.17) is 4.74 Å². The van der Waals surface area contributed by atoms with E-state index in [0.717, 1.165) is 23.6 Å². The van der Waals surface area contributed by atoms with E-state index in [0.29, 0.717) is 0 Å². The molecule has 1 aromatic carbocycles. The number of aromatic nitrogens is 1. The topological polar surface area (TPSA) is 34.2 Å². The first-order valence-corrected chi connectivity index (χ1v) is 6.56. The molecule has 2 rings (SSSR count). The first kappa shape index (κ1) is 13.4. The molecule has 0 spiro atoms. The van der Waals surface area contributed by atoms with Crippen molar-refractivity contribution >= 4 is 5.69 Å². The summed E-state index contributed by atoms with van der Waals surface area (Å²) in [5, 5.41) is 3.51. The lowest BCUT2D eigenvalue weighted by atomic mass is 10.0. The Kier molecular flexibility index (Phi) is 4.39. The summed E-state index contributed by atoms with van der Waals surface area (Å²) in [7, 11) is 1.68. The van der Waals surface area contributed by atoms with Gasteiger partial charge in [0.15, 0.2) is 0 Å². The largest absolute Gasteiger partial charge is 0.497 e. The minimum Gasteiger partial charge on any atom is -0.497 e. The van der Waals surface area contributed by atoms with E-state index in [1.165, 1.54) is 5.56 Å². The molecule has 1 N–H and O–H groups in total. The van der Waals surface area contributed by atoms with Gasteiger partial charge < -0.3 is 10.1 Å². The molecule has 3 heteroatoms. The number of benzene rings is 1. The van der Waals surface area contributed by atoms with E-state index in [2.05, 4.69) is 35.4 Å². The van der Waals surface area contributed by atoms with Crippen LogP contribution < -0.4 is 10.1 Å². The highest BCUT2D eigenvalue weighted by atomic mass is 16.5. The van der Waals surface area contributed by atoms with Gasteiger partial charge in [0.05, 0.1) is 25.0 Å². The van der Waals surface area contributed by atoms with Gasteiger partial charge in [-0.3, -0.25) is 4.98 Å². The van der Waals surface area contributed by atoms with Gasteiger partial charge >= 0.3 is 0 Å². The molecule has 0 saturated heterocycles. The lowest BCUT2D eigenvalue weighted by Crippen LogP contribution is -2.09. The number of hydrogen-bond donors (Lipinski definition) is 1. The molecular weight excluding hydrogens is 236 g/mol. The van der Waals surface area contributed by atoms with Crippen LogP contribution >= 0.6 is 0 Å². The van der Waals surface area contributed by atoms with Crippen LogP contribution in [0.25, 0.3) is 0 Å². The third-order valence-corrected chi connectivity index (χ3v) is 3.18. The first-order chi connectivity index (χ1) is 9.22. The maximum absolute atomic E-state index is 5.18. The Hall–Kier alpha value is -2.03. The molecule has 1 atom stereocenters. The minimum atomic E-state index is 0.287. The summed E-state index contributed by atoms with van der Waals surface area (Å²) >= 11 is 0. The molecule has 0 aliphatic carbocycles. The average molecular weight is 256 g/mol. The fraction of sp³-hybridized carbons (Fsp3) is 0.312. The number of anilines is 1. The van der Waals surface area contributed by atoms with Crippen molar-refractivity contribution in [2.24, 2.45) is 0 Å². The third kappa shape index (κ3) is 3.47. The van der Waals surface area contributed by atoms with Gasteiger partial charge in [0.1, 0.15) is 5.75 Å². The van der Waals surface area contributed by atoms with Crippen LogP contribution in [-0.2, 0) is 0 Å². The molecule has 0 fully saturated rings. The molecule has 3 nitrogen and oxygen atoms in total. The number of rotatable bonds is 5. The van der Waals surface area contributed by atoms with Crippen LogP contribution in [0, 0.1) is 6.92 Å². The zero-order chi connectivity index (χ0) is 13.7. The number of ether oxygens (including phenoxy) is 1. The molecule has 100 valence electrons. The molecule has 0 bridgehead atoms. The number of nitrogens with zero attached hydrogens (tertiary/aromatic N) is 1. The molecule has 0 radical (unpaired) electrons. The summed E-state index contributed by atoms with van der Waals surface area (Å²) in [5.74, 6) is 0.885. The Labute approximate surface area is 114 Å². The lowest BCUT2D eigenvalue weighted by Gasteiger charge is -2.19. The van der Waals surface area contributed by atoms with Crippen LogP contribution in [-0.4, -0.2) is 12.1 Å². The summed E-state index contributed by atoms with van der Waals surface area (Å²) in [5.41, 5.74) is 3.33. The predicted octanol–water partition coefficient (Wildman–Crippen LogP) is 3.96. The zero-order valence-corrected chi connectivity index (χ0v) is 11.7. The van der Waals surface area contributed by atoms with Gasteiger partial charge in [-0.15, -0.1) is 0 Å². The van der Waals surface area contributed by atoms with Crippen molar-refractivity contribution in [3.8, 4) is 5.75 Å². The molecular formula is C16H20N2O. The molecule has 0 aliphatic heterocycles. The van der Waals surface area contributed by atoms with Crippen LogP contribution in [0.5, 0.6) is 5.75 Å². The fourth-order valence-corrected chi connectivity index (χ4v) is 2.01. The van der Waals surface area contributed by atoms with Gasteiger partial charge in [-0.25, -0.2) is 0 Å². The highest BCUT2D eigenvalue weighted by molar-refractivity contribution is 5.44. The quantitative estimate of drug-likeness (QED) is 0.879. The molecule has 1 aromatic heterocycles. The van der Waals surface area contributed by atoms with Crippen molar-refractivity contribution in [2.45, 2.75) is 26.3 Å². The van der Waals surface area contributed by atoms with Crippen LogP contribution in [0.15, 0.2) is 42.6 Å². The van der Waals surface area contributed by atoms with E-state index in [-0.39, 0.29) is 6.04 Å². The highest BCUT2D eigenvalue weighted by Crippen LogP contribution is 2.24. The van der Waals surface area contributed by atoms with E-state index < -0.39 is 0 Å². The Balaban J connectivity index is 2.12. The number of aryl methyl sites for hydroxylation is 1. The highest BCUT2D eigenvalue weighted by Gasteiger charge is 2.09. The van der Waals surface area contributed by atoms with E-state index in [9.17, 15) is 0 Å². The Morgan fingerprint density at radius 2 is 1.89 bits per heavy atom. The summed E-state index contributed by atoms with van der Waals surface area (Å²) in [6.45, 7) is 4.16. The summed E-state index contributed by atoms with van der Waals surface area (Å²) in [6.07, 6.45) is 2.89. The molecule has 1 heterocycles. The van der Waals surface area contributed by atoms with Crippen molar-refractivity contribution in [2.75, 3.05) is 12.4 Å². The molecule has 0 amide bonds. The van der Waals surface area contributed by atoms with Gasteiger partial charge in [0, 0.05) is 5.69 Å². The first-order valence-electron chi connectivity index (χ1n) is 6.56. The SMILES string of the molecule is CCC(Nc1ccc(C)nc1)c1ccc(OC)cc1. The van der Waals surface area contributed by atoms with Crippen molar-refractivity contribution in [1.29, 1.82) is 0 Å². The number of hydrogen-bond acceptors (Lipinski definition) is 3. The van der Waals surface area contributed by atoms with E-state index >= 15 is 0 Å². The normalized spacial score (nSPS) is 11.9. The van der Waals surface area contributed by atoms with Crippen LogP contribution in [0.1, 0.15) is 30.6 Å². The lowest BCUT2D eigenvalue weighted by molar-refractivity contribution is 0.414. The maximum atomic E-state index is 5.18. The van der Waals surface area contributed by atoms with Gasteiger partial charge in [-0.1, -0.05) is 19.1 Å². The van der Waals surface area contributed by atoms with Gasteiger partial charge in [-0.2, -0.15) is 0 Å². The zero-order valence-electron chi connectivity index (χ0n) is 11.7. The van der Waals surface area contributed by atoms with Crippen LogP contribution in [0.2, 0.25) is 0 Å². The summed E-state index contributed by atoms with van der Waals surface area (Å²) in [6, 6.07) is 12.6. The maximum Gasteiger partial charge on any atom is 0.118 e. The summed E-state index contributed by atoms with van der Waals surface area (Å²) in [4.78, 5) is 4.31. The Morgan fingerprint density at radius 3 is 2.42 bits per heavy atom. The standard InChI is InChI=1S/C16H20N2O/c1-4-16(13-6-9-15(19-3)10-7-13)18-14-8-5-12(2)17-11-14/h5-11,16,18H,4H2,1-3H3. The smallest absolute Gasteiger partial charge is 0.118 e. The van der Waals surface area contributed by atoms with Crippen molar-refractivity contribution in [3.05, 3.63) is 53.9 Å². The minimum absolute atomic E-state index is 0.287. The Bertz CT molecular complexity index is 505. The molecule has 19 heavy (non-hydrogen) atoms. The van der Waals surface area contributed by atoms with Gasteiger partial charge in [0.25, 0.3) is 0 Å². The Morgan fingerprint density at radius 1 is 1.16 bits per heavy atom. The molecule has 0 saturated carbocycles. The molecule has 0 aliphatic rings. The second-order valence-electron chi connectivity index (χ2n) is 4.57. The second kappa shape index (κ2) is 6.23. The van der Waals surface area contributed by atoms with E-state index in [1.807, 2.05) is 31.3 Å². The van der Waals surface area contributed by atoms with Crippen LogP contribution in [0.3, 0.4) is 0 Å². The molecule has 1 unspecified atom stereocenters. The fourth-order valence-electron chi connectivity index (χ4n) is 2.01. The number of pyridine rings is 1. The summed E-state index contributed by atoms with van der Waals surface area (Å²) < 4.78 is 5.18. The van der Waals surface area contributed by atoms with Crippen molar-refractivity contribution in [3.63, 3.8) is 0 Å².